The van der Waals surface area contributed by atoms with Crippen LogP contribution in [-0.4, -0.2) is 23.0 Å². The van der Waals surface area contributed by atoms with Crippen LogP contribution >= 0.6 is 11.6 Å². The molecule has 1 amide bonds. The second-order valence-electron chi connectivity index (χ2n) is 4.72. The van der Waals surface area contributed by atoms with Crippen LogP contribution in [0.2, 0.25) is 5.15 Å². The number of ether oxygens (including phenoxy) is 1. The van der Waals surface area contributed by atoms with E-state index in [1.54, 1.807) is 6.07 Å². The Morgan fingerprint density at radius 2 is 2.00 bits per heavy atom. The van der Waals surface area contributed by atoms with Crippen LogP contribution in [0.4, 0.5) is 5.69 Å². The standard InChI is InChI=1S/C16H15ClN2O3/c1-10-5-3-4-6-13(10)19-15(20)11(2)22-16(21)12-7-8-18-14(17)9-12/h3-9,11H,1-2H3,(H,19,20). The maximum absolute atomic E-state index is 12.1. The summed E-state index contributed by atoms with van der Waals surface area (Å²) in [6.45, 7) is 3.39. The van der Waals surface area contributed by atoms with Crippen LogP contribution in [0.15, 0.2) is 42.6 Å². The Kier molecular flexibility index (Phi) is 5.12. The molecule has 1 heterocycles. The average molecular weight is 319 g/mol. The fourth-order valence-corrected chi connectivity index (χ4v) is 1.93. The van der Waals surface area contributed by atoms with Gasteiger partial charge in [-0.15, -0.1) is 0 Å². The van der Waals surface area contributed by atoms with Crippen molar-refractivity contribution in [3.8, 4) is 0 Å². The van der Waals surface area contributed by atoms with Crippen molar-refractivity contribution in [2.24, 2.45) is 0 Å². The van der Waals surface area contributed by atoms with Crippen molar-refractivity contribution >= 4 is 29.2 Å². The summed E-state index contributed by atoms with van der Waals surface area (Å²) in [4.78, 5) is 27.8. The summed E-state index contributed by atoms with van der Waals surface area (Å²) in [6.07, 6.45) is 0.468. The zero-order chi connectivity index (χ0) is 16.1. The Hall–Kier alpha value is -2.40. The van der Waals surface area contributed by atoms with Crippen molar-refractivity contribution in [3.05, 3.63) is 58.9 Å². The number of nitrogens with zero attached hydrogens (tertiary/aromatic N) is 1. The predicted molar refractivity (Wildman–Crippen MR) is 83.9 cm³/mol. The van der Waals surface area contributed by atoms with Crippen molar-refractivity contribution in [2.75, 3.05) is 5.32 Å². The van der Waals surface area contributed by atoms with Crippen LogP contribution in [0.5, 0.6) is 0 Å². The van der Waals surface area contributed by atoms with Gasteiger partial charge in [0, 0.05) is 11.9 Å². The molecular formula is C16H15ClN2O3. The van der Waals surface area contributed by atoms with Gasteiger partial charge in [0.15, 0.2) is 6.10 Å². The number of benzene rings is 1. The van der Waals surface area contributed by atoms with E-state index in [2.05, 4.69) is 10.3 Å². The molecule has 114 valence electrons. The van der Waals surface area contributed by atoms with E-state index in [0.717, 1.165) is 5.56 Å². The Labute approximate surface area is 133 Å². The summed E-state index contributed by atoms with van der Waals surface area (Å²) in [5.41, 5.74) is 1.85. The van der Waals surface area contributed by atoms with Gasteiger partial charge >= 0.3 is 5.97 Å². The summed E-state index contributed by atoms with van der Waals surface area (Å²) < 4.78 is 5.13. The third kappa shape index (κ3) is 4.05. The molecule has 6 heteroatoms. The maximum Gasteiger partial charge on any atom is 0.339 e. The Morgan fingerprint density at radius 1 is 1.27 bits per heavy atom. The maximum atomic E-state index is 12.1. The highest BCUT2D eigenvalue weighted by Gasteiger charge is 2.19. The molecule has 0 saturated heterocycles. The normalized spacial score (nSPS) is 11.6. The first kappa shape index (κ1) is 16.0. The fourth-order valence-electron chi connectivity index (χ4n) is 1.76. The number of carbonyl (C=O) groups is 2. The highest BCUT2D eigenvalue weighted by atomic mass is 35.5. The largest absolute Gasteiger partial charge is 0.449 e. The summed E-state index contributed by atoms with van der Waals surface area (Å²) in [5, 5.41) is 2.91. The van der Waals surface area contributed by atoms with E-state index in [0.29, 0.717) is 5.69 Å². The summed E-state index contributed by atoms with van der Waals surface area (Å²) in [7, 11) is 0. The highest BCUT2D eigenvalue weighted by molar-refractivity contribution is 6.29. The van der Waals surface area contributed by atoms with E-state index in [-0.39, 0.29) is 10.7 Å². The zero-order valence-electron chi connectivity index (χ0n) is 12.2. The summed E-state index contributed by atoms with van der Waals surface area (Å²) in [5.74, 6) is -1.03. The molecule has 1 unspecified atom stereocenters. The SMILES string of the molecule is Cc1ccccc1NC(=O)C(C)OC(=O)c1ccnc(Cl)c1. The minimum Gasteiger partial charge on any atom is -0.449 e. The van der Waals surface area contributed by atoms with Gasteiger partial charge in [0.05, 0.1) is 5.56 Å². The Balaban J connectivity index is 1.99. The molecule has 0 aliphatic heterocycles. The number of halogens is 1. The molecule has 1 aromatic heterocycles. The van der Waals surface area contributed by atoms with Gasteiger partial charge in [-0.3, -0.25) is 4.79 Å². The van der Waals surface area contributed by atoms with Crippen molar-refractivity contribution in [1.82, 2.24) is 4.98 Å². The number of pyridine rings is 1. The number of hydrogen-bond acceptors (Lipinski definition) is 4. The number of aromatic nitrogens is 1. The quantitative estimate of drug-likeness (QED) is 0.694. The Morgan fingerprint density at radius 3 is 2.68 bits per heavy atom. The number of nitrogens with one attached hydrogen (secondary N) is 1. The molecule has 0 saturated carbocycles. The van der Waals surface area contributed by atoms with Gasteiger partial charge in [-0.2, -0.15) is 0 Å². The molecule has 2 rings (SSSR count). The predicted octanol–water partition coefficient (Wildman–Crippen LogP) is 3.23. The number of rotatable bonds is 4. The molecule has 5 nitrogen and oxygen atoms in total. The van der Waals surface area contributed by atoms with Crippen LogP contribution in [0, 0.1) is 6.92 Å². The smallest absolute Gasteiger partial charge is 0.339 e. The molecule has 1 N–H and O–H groups in total. The Bertz CT molecular complexity index is 703. The lowest BCUT2D eigenvalue weighted by Gasteiger charge is -2.14. The van der Waals surface area contributed by atoms with Crippen LogP contribution in [0.1, 0.15) is 22.8 Å². The van der Waals surface area contributed by atoms with Crippen LogP contribution < -0.4 is 5.32 Å². The second-order valence-corrected chi connectivity index (χ2v) is 5.11. The molecule has 1 aromatic carbocycles. The van der Waals surface area contributed by atoms with Crippen LogP contribution in [-0.2, 0) is 9.53 Å². The monoisotopic (exact) mass is 318 g/mol. The fraction of sp³-hybridized carbons (Fsp3) is 0.188. The van der Waals surface area contributed by atoms with E-state index < -0.39 is 18.0 Å². The zero-order valence-corrected chi connectivity index (χ0v) is 12.9. The van der Waals surface area contributed by atoms with Gasteiger partial charge in [-0.1, -0.05) is 29.8 Å². The average Bonchev–Trinajstić information content (AvgIpc) is 2.49. The van der Waals surface area contributed by atoms with Gasteiger partial charge in [0.2, 0.25) is 0 Å². The van der Waals surface area contributed by atoms with Gasteiger partial charge < -0.3 is 10.1 Å². The number of amides is 1. The molecule has 0 aliphatic carbocycles. The van der Waals surface area contributed by atoms with Gasteiger partial charge in [-0.25, -0.2) is 9.78 Å². The van der Waals surface area contributed by atoms with Crippen molar-refractivity contribution in [2.45, 2.75) is 20.0 Å². The van der Waals surface area contributed by atoms with Crippen molar-refractivity contribution in [1.29, 1.82) is 0 Å². The molecular weight excluding hydrogens is 304 g/mol. The van der Waals surface area contributed by atoms with Crippen molar-refractivity contribution < 1.29 is 14.3 Å². The lowest BCUT2D eigenvalue weighted by molar-refractivity contribution is -0.123. The first-order chi connectivity index (χ1) is 10.5. The lowest BCUT2D eigenvalue weighted by atomic mass is 10.2. The number of carbonyl (C=O) groups excluding carboxylic acids is 2. The van der Waals surface area contributed by atoms with Gasteiger partial charge in [-0.05, 0) is 37.6 Å². The molecule has 22 heavy (non-hydrogen) atoms. The molecule has 0 spiro atoms. The van der Waals surface area contributed by atoms with Gasteiger partial charge in [0.25, 0.3) is 5.91 Å². The molecule has 0 bridgehead atoms. The number of aryl methyl sites for hydroxylation is 1. The molecule has 0 radical (unpaired) electrons. The first-order valence-corrected chi connectivity index (χ1v) is 7.04. The van der Waals surface area contributed by atoms with E-state index in [1.807, 2.05) is 25.1 Å². The highest BCUT2D eigenvalue weighted by Crippen LogP contribution is 2.14. The number of esters is 1. The minimum atomic E-state index is -0.931. The summed E-state index contributed by atoms with van der Waals surface area (Å²) >= 11 is 5.71. The first-order valence-electron chi connectivity index (χ1n) is 6.66. The summed E-state index contributed by atoms with van der Waals surface area (Å²) in [6, 6.07) is 10.2. The number of hydrogen-bond donors (Lipinski definition) is 1. The molecule has 0 fully saturated rings. The minimum absolute atomic E-state index is 0.187. The van der Waals surface area contributed by atoms with E-state index in [4.69, 9.17) is 16.3 Å². The van der Waals surface area contributed by atoms with E-state index >= 15 is 0 Å². The third-order valence-electron chi connectivity index (χ3n) is 3.02. The van der Waals surface area contributed by atoms with E-state index in [9.17, 15) is 9.59 Å². The van der Waals surface area contributed by atoms with Crippen molar-refractivity contribution in [3.63, 3.8) is 0 Å². The second kappa shape index (κ2) is 7.04. The molecule has 2 aromatic rings. The lowest BCUT2D eigenvalue weighted by Crippen LogP contribution is -2.30. The molecule has 1 atom stereocenters. The third-order valence-corrected chi connectivity index (χ3v) is 3.22. The van der Waals surface area contributed by atoms with E-state index in [1.165, 1.54) is 25.3 Å². The number of para-hydroxylation sites is 1. The van der Waals surface area contributed by atoms with Crippen LogP contribution in [0.25, 0.3) is 0 Å². The number of anilines is 1. The van der Waals surface area contributed by atoms with Crippen LogP contribution in [0.3, 0.4) is 0 Å². The topological polar surface area (TPSA) is 68.3 Å². The molecule has 0 aliphatic rings. The van der Waals surface area contributed by atoms with Gasteiger partial charge in [0.1, 0.15) is 5.15 Å².